The van der Waals surface area contributed by atoms with Crippen LogP contribution in [0.3, 0.4) is 0 Å². The minimum atomic E-state index is 0.0173. The monoisotopic (exact) mass is 371 g/mol. The fourth-order valence-corrected chi connectivity index (χ4v) is 6.88. The molecule has 0 radical (unpaired) electrons. The van der Waals surface area contributed by atoms with E-state index >= 15 is 0 Å². The predicted octanol–water partition coefficient (Wildman–Crippen LogP) is 4.08. The fourth-order valence-electron chi connectivity index (χ4n) is 6.88. The highest BCUT2D eigenvalue weighted by Crippen LogP contribution is 2.55. The minimum absolute atomic E-state index is 0.0173. The van der Waals surface area contributed by atoms with Gasteiger partial charge in [0, 0.05) is 12.6 Å². The van der Waals surface area contributed by atoms with Crippen LogP contribution in [0.15, 0.2) is 6.20 Å². The minimum Gasteiger partial charge on any atom is -0.477 e. The van der Waals surface area contributed by atoms with Crippen LogP contribution in [-0.2, 0) is 7.05 Å². The molecule has 5 saturated carbocycles. The van der Waals surface area contributed by atoms with Crippen molar-refractivity contribution < 1.29 is 9.53 Å². The largest absolute Gasteiger partial charge is 0.477 e. The third kappa shape index (κ3) is 3.38. The van der Waals surface area contributed by atoms with Gasteiger partial charge in [-0.1, -0.05) is 19.3 Å². The number of ether oxygens (including phenoxy) is 1. The summed E-state index contributed by atoms with van der Waals surface area (Å²) in [5, 5.41) is 7.79. The maximum atomic E-state index is 13.2. The SMILES string of the molecule is Cn1ncc(C(=O)NC23CC4CC(CC(C4)C2)C3)c1OCC1CCCCC1. The third-order valence-corrected chi connectivity index (χ3v) is 7.73. The van der Waals surface area contributed by atoms with Crippen molar-refractivity contribution >= 4 is 5.91 Å². The Morgan fingerprint density at radius 2 is 1.78 bits per heavy atom. The van der Waals surface area contributed by atoms with Crippen LogP contribution in [0.1, 0.15) is 81.0 Å². The van der Waals surface area contributed by atoms with Gasteiger partial charge in [0.15, 0.2) is 0 Å². The van der Waals surface area contributed by atoms with Crippen molar-refractivity contribution in [3.63, 3.8) is 0 Å². The van der Waals surface area contributed by atoms with Crippen LogP contribution in [0, 0.1) is 23.7 Å². The van der Waals surface area contributed by atoms with Gasteiger partial charge in [-0.15, -0.1) is 0 Å². The number of rotatable bonds is 5. The summed E-state index contributed by atoms with van der Waals surface area (Å²) < 4.78 is 7.85. The van der Waals surface area contributed by atoms with Gasteiger partial charge in [0.1, 0.15) is 5.56 Å². The van der Waals surface area contributed by atoms with Gasteiger partial charge < -0.3 is 10.1 Å². The molecule has 1 aromatic heterocycles. The van der Waals surface area contributed by atoms with E-state index < -0.39 is 0 Å². The molecule has 27 heavy (non-hydrogen) atoms. The molecule has 0 unspecified atom stereocenters. The Balaban J connectivity index is 1.28. The van der Waals surface area contributed by atoms with E-state index in [-0.39, 0.29) is 11.4 Å². The average Bonchev–Trinajstić information content (AvgIpc) is 3.00. The van der Waals surface area contributed by atoms with Crippen molar-refractivity contribution in [3.8, 4) is 5.88 Å². The molecule has 148 valence electrons. The fraction of sp³-hybridized carbons (Fsp3) is 0.818. The Morgan fingerprint density at radius 3 is 2.41 bits per heavy atom. The Hall–Kier alpha value is -1.52. The molecule has 5 fully saturated rings. The second-order valence-corrected chi connectivity index (χ2v) is 9.95. The number of carbonyl (C=O) groups is 1. The molecule has 1 N–H and O–H groups in total. The molecule has 6 rings (SSSR count). The van der Waals surface area contributed by atoms with Crippen LogP contribution in [0.5, 0.6) is 5.88 Å². The molecule has 4 bridgehead atoms. The Bertz CT molecular complexity index is 669. The summed E-state index contributed by atoms with van der Waals surface area (Å²) in [6.07, 6.45) is 15.8. The van der Waals surface area contributed by atoms with E-state index in [0.29, 0.717) is 24.0 Å². The van der Waals surface area contributed by atoms with Crippen LogP contribution in [-0.4, -0.2) is 27.8 Å². The summed E-state index contributed by atoms with van der Waals surface area (Å²) in [6.45, 7) is 0.706. The molecule has 5 aliphatic rings. The van der Waals surface area contributed by atoms with E-state index in [0.717, 1.165) is 17.8 Å². The Kier molecular flexibility index (Phi) is 4.44. The van der Waals surface area contributed by atoms with Gasteiger partial charge in [0.05, 0.1) is 12.8 Å². The third-order valence-electron chi connectivity index (χ3n) is 7.73. The second kappa shape index (κ2) is 6.82. The van der Waals surface area contributed by atoms with Gasteiger partial charge in [-0.2, -0.15) is 5.10 Å². The van der Waals surface area contributed by atoms with Gasteiger partial charge >= 0.3 is 0 Å². The highest BCUT2D eigenvalue weighted by atomic mass is 16.5. The van der Waals surface area contributed by atoms with Crippen molar-refractivity contribution in [3.05, 3.63) is 11.8 Å². The number of carbonyl (C=O) groups excluding carboxylic acids is 1. The summed E-state index contributed by atoms with van der Waals surface area (Å²) in [5.41, 5.74) is 0.645. The van der Waals surface area contributed by atoms with Gasteiger partial charge in [0.2, 0.25) is 5.88 Å². The Morgan fingerprint density at radius 1 is 1.15 bits per heavy atom. The highest BCUT2D eigenvalue weighted by molar-refractivity contribution is 5.96. The molecular formula is C22H33N3O2. The zero-order valence-corrected chi connectivity index (χ0v) is 16.6. The van der Waals surface area contributed by atoms with Crippen LogP contribution >= 0.6 is 0 Å². The summed E-state index contributed by atoms with van der Waals surface area (Å²) in [4.78, 5) is 13.2. The number of nitrogens with one attached hydrogen (secondary N) is 1. The molecule has 1 amide bonds. The smallest absolute Gasteiger partial charge is 0.258 e. The molecule has 1 aromatic rings. The first-order valence-corrected chi connectivity index (χ1v) is 11.1. The maximum Gasteiger partial charge on any atom is 0.258 e. The van der Waals surface area contributed by atoms with E-state index in [4.69, 9.17) is 4.74 Å². The molecule has 5 nitrogen and oxygen atoms in total. The van der Waals surface area contributed by atoms with Crippen molar-refractivity contribution in [2.75, 3.05) is 6.61 Å². The summed E-state index contributed by atoms with van der Waals surface area (Å²) >= 11 is 0. The molecule has 0 atom stereocenters. The maximum absolute atomic E-state index is 13.2. The summed E-state index contributed by atoms with van der Waals surface area (Å²) in [5.74, 6) is 3.76. The molecule has 1 heterocycles. The van der Waals surface area contributed by atoms with Crippen molar-refractivity contribution in [1.82, 2.24) is 15.1 Å². The van der Waals surface area contributed by atoms with Crippen molar-refractivity contribution in [1.29, 1.82) is 0 Å². The molecule has 0 spiro atoms. The van der Waals surface area contributed by atoms with Crippen LogP contribution < -0.4 is 10.1 Å². The molecule has 5 aliphatic carbocycles. The van der Waals surface area contributed by atoms with Crippen LogP contribution in [0.2, 0.25) is 0 Å². The number of aromatic nitrogens is 2. The van der Waals surface area contributed by atoms with Gasteiger partial charge in [-0.25, -0.2) is 4.68 Å². The molecule has 5 heteroatoms. The number of hydrogen-bond acceptors (Lipinski definition) is 3. The predicted molar refractivity (Wildman–Crippen MR) is 104 cm³/mol. The lowest BCUT2D eigenvalue weighted by molar-refractivity contribution is -0.0167. The van der Waals surface area contributed by atoms with Crippen molar-refractivity contribution in [2.24, 2.45) is 30.7 Å². The van der Waals surface area contributed by atoms with E-state index in [2.05, 4.69) is 10.4 Å². The lowest BCUT2D eigenvalue weighted by atomic mass is 9.53. The summed E-state index contributed by atoms with van der Waals surface area (Å²) in [6, 6.07) is 0. The first-order chi connectivity index (χ1) is 13.1. The standard InChI is InChI=1S/C22H33N3O2/c1-25-21(27-14-15-5-3-2-4-6-15)19(13-23-25)20(26)24-22-10-16-7-17(11-22)9-18(8-16)12-22/h13,15-18H,2-12,14H2,1H3,(H,24,26). The zero-order valence-electron chi connectivity index (χ0n) is 16.6. The molecular weight excluding hydrogens is 338 g/mol. The lowest BCUT2D eigenvalue weighted by Crippen LogP contribution is -2.59. The number of hydrogen-bond donors (Lipinski definition) is 1. The lowest BCUT2D eigenvalue weighted by Gasteiger charge is -2.56. The van der Waals surface area contributed by atoms with Gasteiger partial charge in [-0.3, -0.25) is 4.79 Å². The Labute approximate surface area is 162 Å². The molecule has 0 aliphatic heterocycles. The average molecular weight is 372 g/mol. The van der Waals surface area contributed by atoms with E-state index in [9.17, 15) is 4.79 Å². The zero-order chi connectivity index (χ0) is 18.4. The quantitative estimate of drug-likeness (QED) is 0.848. The topological polar surface area (TPSA) is 56.2 Å². The number of amides is 1. The van der Waals surface area contributed by atoms with Crippen LogP contribution in [0.25, 0.3) is 0 Å². The first kappa shape index (κ1) is 17.6. The molecule has 0 aromatic carbocycles. The van der Waals surface area contributed by atoms with Gasteiger partial charge in [-0.05, 0) is 75.0 Å². The summed E-state index contributed by atoms with van der Waals surface area (Å²) in [7, 11) is 1.87. The van der Waals surface area contributed by atoms with E-state index in [1.807, 2.05) is 7.05 Å². The second-order valence-electron chi connectivity index (χ2n) is 9.95. The number of nitrogens with zero attached hydrogens (tertiary/aromatic N) is 2. The van der Waals surface area contributed by atoms with E-state index in [1.54, 1.807) is 10.9 Å². The van der Waals surface area contributed by atoms with Crippen molar-refractivity contribution in [2.45, 2.75) is 76.2 Å². The molecule has 0 saturated heterocycles. The first-order valence-electron chi connectivity index (χ1n) is 11.1. The van der Waals surface area contributed by atoms with E-state index in [1.165, 1.54) is 70.6 Å². The van der Waals surface area contributed by atoms with Crippen LogP contribution in [0.4, 0.5) is 0 Å². The number of aryl methyl sites for hydroxylation is 1. The highest BCUT2D eigenvalue weighted by Gasteiger charge is 2.51. The normalized spacial score (nSPS) is 35.4. The van der Waals surface area contributed by atoms with Gasteiger partial charge in [0.25, 0.3) is 5.91 Å².